The minimum Gasteiger partial charge on any atom is -0.313 e. The van der Waals surface area contributed by atoms with Gasteiger partial charge in [-0.1, -0.05) is 0 Å². The maximum Gasteiger partial charge on any atom is 0.255 e. The number of aromatic amines is 1. The number of H-pyrrole nitrogens is 1. The molecule has 4 nitrogen and oxygen atoms in total. The van der Waals surface area contributed by atoms with Crippen LogP contribution < -0.4 is 10.9 Å². The van der Waals surface area contributed by atoms with Crippen LogP contribution in [-0.2, 0) is 13.0 Å². The first kappa shape index (κ1) is 12.4. The van der Waals surface area contributed by atoms with Crippen molar-refractivity contribution in [2.45, 2.75) is 13.0 Å². The topological polar surface area (TPSA) is 57.8 Å². The van der Waals surface area contributed by atoms with Crippen molar-refractivity contribution in [2.24, 2.45) is 0 Å². The number of aromatic nitrogens is 2. The zero-order chi connectivity index (χ0) is 7.68. The van der Waals surface area contributed by atoms with Gasteiger partial charge >= 0.3 is 0 Å². The number of hydrogen-bond acceptors (Lipinski definition) is 3. The Morgan fingerprint density at radius 2 is 2.15 bits per heavy atom. The third kappa shape index (κ3) is 2.43. The molecule has 0 aliphatic carbocycles. The Balaban J connectivity index is 0.000000720. The predicted molar refractivity (Wildman–Crippen MR) is 54.8 cm³/mol. The standard InChI is InChI=1S/C7H9N3O.2ClH/c11-7-5-3-8-2-1-6(5)9-4-10-7;;/h4,8H,1-3H2,(H,9,10,11);2*1H. The lowest BCUT2D eigenvalue weighted by Gasteiger charge is -2.13. The highest BCUT2D eigenvalue weighted by molar-refractivity contribution is 5.85. The van der Waals surface area contributed by atoms with Crippen LogP contribution in [0.4, 0.5) is 0 Å². The lowest BCUT2D eigenvalue weighted by atomic mass is 10.1. The summed E-state index contributed by atoms with van der Waals surface area (Å²) in [5.41, 5.74) is 1.72. The van der Waals surface area contributed by atoms with E-state index in [0.29, 0.717) is 6.54 Å². The minimum atomic E-state index is -0.0119. The molecule has 6 heteroatoms. The van der Waals surface area contributed by atoms with E-state index >= 15 is 0 Å². The van der Waals surface area contributed by atoms with Gasteiger partial charge in [0.2, 0.25) is 0 Å². The summed E-state index contributed by atoms with van der Waals surface area (Å²) < 4.78 is 0. The number of nitrogens with one attached hydrogen (secondary N) is 2. The number of nitrogens with zero attached hydrogens (tertiary/aromatic N) is 1. The monoisotopic (exact) mass is 223 g/mol. The molecule has 0 saturated carbocycles. The Morgan fingerprint density at radius 1 is 1.38 bits per heavy atom. The maximum atomic E-state index is 11.1. The van der Waals surface area contributed by atoms with E-state index in [1.54, 1.807) is 0 Å². The molecular weight excluding hydrogens is 213 g/mol. The molecule has 2 rings (SSSR count). The van der Waals surface area contributed by atoms with Crippen LogP contribution in [-0.4, -0.2) is 16.5 Å². The van der Waals surface area contributed by atoms with E-state index in [0.717, 1.165) is 24.2 Å². The third-order valence-corrected chi connectivity index (χ3v) is 1.88. The van der Waals surface area contributed by atoms with Gasteiger partial charge in [0, 0.05) is 19.5 Å². The van der Waals surface area contributed by atoms with Crippen molar-refractivity contribution >= 4 is 24.8 Å². The Hall–Kier alpha value is -0.580. The van der Waals surface area contributed by atoms with Gasteiger partial charge in [-0.05, 0) is 0 Å². The Labute approximate surface area is 88.0 Å². The molecule has 0 radical (unpaired) electrons. The fourth-order valence-corrected chi connectivity index (χ4v) is 1.28. The third-order valence-electron chi connectivity index (χ3n) is 1.88. The normalized spacial score (nSPS) is 13.5. The smallest absolute Gasteiger partial charge is 0.255 e. The minimum absolute atomic E-state index is 0. The lowest BCUT2D eigenvalue weighted by molar-refractivity contribution is 0.620. The molecule has 0 unspecified atom stereocenters. The van der Waals surface area contributed by atoms with Crippen molar-refractivity contribution in [2.75, 3.05) is 6.54 Å². The van der Waals surface area contributed by atoms with Gasteiger partial charge in [-0.3, -0.25) is 4.79 Å². The van der Waals surface area contributed by atoms with Crippen molar-refractivity contribution in [3.63, 3.8) is 0 Å². The van der Waals surface area contributed by atoms with Crippen LogP contribution in [0, 0.1) is 0 Å². The van der Waals surface area contributed by atoms with Gasteiger partial charge in [-0.15, -0.1) is 24.8 Å². The van der Waals surface area contributed by atoms with E-state index in [9.17, 15) is 4.79 Å². The number of fused-ring (bicyclic) bond motifs is 1. The van der Waals surface area contributed by atoms with E-state index < -0.39 is 0 Å². The van der Waals surface area contributed by atoms with E-state index in [4.69, 9.17) is 0 Å². The fourth-order valence-electron chi connectivity index (χ4n) is 1.28. The van der Waals surface area contributed by atoms with E-state index in [-0.39, 0.29) is 30.4 Å². The lowest BCUT2D eigenvalue weighted by Crippen LogP contribution is -2.30. The van der Waals surface area contributed by atoms with Crippen LogP contribution in [0.5, 0.6) is 0 Å². The number of rotatable bonds is 0. The van der Waals surface area contributed by atoms with Gasteiger partial charge in [0.1, 0.15) is 0 Å². The SMILES string of the molecule is Cl.Cl.O=c1[nH]cnc2c1CNCC2. The molecule has 1 aliphatic rings. The van der Waals surface area contributed by atoms with E-state index in [1.807, 2.05) is 0 Å². The molecule has 0 fully saturated rings. The van der Waals surface area contributed by atoms with Crippen LogP contribution in [0.2, 0.25) is 0 Å². The molecule has 0 bridgehead atoms. The molecule has 2 heterocycles. The van der Waals surface area contributed by atoms with Crippen LogP contribution in [0.25, 0.3) is 0 Å². The summed E-state index contributed by atoms with van der Waals surface area (Å²) in [5, 5.41) is 3.12. The maximum absolute atomic E-state index is 11.1. The van der Waals surface area contributed by atoms with Gasteiger partial charge in [0.05, 0.1) is 17.6 Å². The first-order valence-electron chi connectivity index (χ1n) is 3.64. The first-order valence-corrected chi connectivity index (χ1v) is 3.64. The van der Waals surface area contributed by atoms with Crippen LogP contribution in [0.15, 0.2) is 11.1 Å². The summed E-state index contributed by atoms with van der Waals surface area (Å²) in [6.07, 6.45) is 2.33. The average Bonchev–Trinajstić information content (AvgIpc) is 2.06. The molecule has 74 valence electrons. The van der Waals surface area contributed by atoms with Crippen LogP contribution >= 0.6 is 24.8 Å². The summed E-state index contributed by atoms with van der Waals surface area (Å²) in [5.74, 6) is 0. The zero-order valence-corrected chi connectivity index (χ0v) is 8.50. The highest BCUT2D eigenvalue weighted by Gasteiger charge is 2.11. The summed E-state index contributed by atoms with van der Waals surface area (Å²) >= 11 is 0. The molecular formula is C7H11Cl2N3O. The first-order chi connectivity index (χ1) is 5.38. The highest BCUT2D eigenvalue weighted by Crippen LogP contribution is 2.03. The molecule has 0 spiro atoms. The van der Waals surface area contributed by atoms with Gasteiger partial charge in [0.15, 0.2) is 0 Å². The Morgan fingerprint density at radius 3 is 2.85 bits per heavy atom. The largest absolute Gasteiger partial charge is 0.313 e. The Kier molecular flexibility index (Phi) is 4.98. The number of hydrogen-bond donors (Lipinski definition) is 2. The molecule has 0 saturated heterocycles. The average molecular weight is 224 g/mol. The second-order valence-electron chi connectivity index (χ2n) is 2.58. The summed E-state index contributed by atoms with van der Waals surface area (Å²) in [4.78, 5) is 17.8. The summed E-state index contributed by atoms with van der Waals surface area (Å²) in [7, 11) is 0. The van der Waals surface area contributed by atoms with Crippen LogP contribution in [0.3, 0.4) is 0 Å². The van der Waals surface area contributed by atoms with Crippen molar-refractivity contribution in [3.05, 3.63) is 27.9 Å². The molecule has 0 aromatic carbocycles. The summed E-state index contributed by atoms with van der Waals surface area (Å²) in [6.45, 7) is 1.57. The fraction of sp³-hybridized carbons (Fsp3) is 0.429. The zero-order valence-electron chi connectivity index (χ0n) is 6.87. The molecule has 0 amide bonds. The van der Waals surface area contributed by atoms with Gasteiger partial charge in [-0.2, -0.15) is 0 Å². The molecule has 1 aliphatic heterocycles. The van der Waals surface area contributed by atoms with Crippen LogP contribution in [0.1, 0.15) is 11.3 Å². The van der Waals surface area contributed by atoms with E-state index in [2.05, 4.69) is 15.3 Å². The summed E-state index contributed by atoms with van der Waals surface area (Å²) in [6, 6.07) is 0. The molecule has 1 aromatic heterocycles. The van der Waals surface area contributed by atoms with Crippen molar-refractivity contribution in [3.8, 4) is 0 Å². The molecule has 0 atom stereocenters. The molecule has 1 aromatic rings. The molecule has 2 N–H and O–H groups in total. The quantitative estimate of drug-likeness (QED) is 0.664. The van der Waals surface area contributed by atoms with Crippen molar-refractivity contribution in [1.29, 1.82) is 0 Å². The number of halogens is 2. The van der Waals surface area contributed by atoms with Crippen molar-refractivity contribution < 1.29 is 0 Å². The van der Waals surface area contributed by atoms with Gasteiger partial charge in [-0.25, -0.2) is 4.98 Å². The second kappa shape index (κ2) is 5.21. The second-order valence-corrected chi connectivity index (χ2v) is 2.58. The van der Waals surface area contributed by atoms with Gasteiger partial charge < -0.3 is 10.3 Å². The molecule has 13 heavy (non-hydrogen) atoms. The van der Waals surface area contributed by atoms with Crippen molar-refractivity contribution in [1.82, 2.24) is 15.3 Å². The van der Waals surface area contributed by atoms with E-state index in [1.165, 1.54) is 6.33 Å². The highest BCUT2D eigenvalue weighted by atomic mass is 35.5. The van der Waals surface area contributed by atoms with Gasteiger partial charge in [0.25, 0.3) is 5.56 Å². The predicted octanol–water partition coefficient (Wildman–Crippen LogP) is 0.259. The Bertz CT molecular complexity index is 326.